The van der Waals surface area contributed by atoms with E-state index in [0.717, 1.165) is 0 Å². The maximum absolute atomic E-state index is 5.60. The maximum atomic E-state index is 5.60. The van der Waals surface area contributed by atoms with E-state index in [1.54, 1.807) is 0 Å². The molecule has 2 N–H and O–H groups in total. The zero-order valence-electron chi connectivity index (χ0n) is 5.71. The highest BCUT2D eigenvalue weighted by Gasteiger charge is 2.07. The van der Waals surface area contributed by atoms with Crippen molar-refractivity contribution in [2.24, 2.45) is 0 Å². The number of halogens is 2. The fourth-order valence-corrected chi connectivity index (χ4v) is 1.12. The Morgan fingerprint density at radius 2 is 2.08 bits per heavy atom. The van der Waals surface area contributed by atoms with E-state index in [-0.39, 0.29) is 16.2 Å². The van der Waals surface area contributed by atoms with Gasteiger partial charge >= 0.3 is 0 Å². The van der Waals surface area contributed by atoms with E-state index in [1.807, 2.05) is 0 Å². The molecule has 0 aliphatic carbocycles. The minimum atomic E-state index is 0.119. The molecule has 0 saturated heterocycles. The Balaban J connectivity index is 2.83. The van der Waals surface area contributed by atoms with Crippen molar-refractivity contribution in [3.8, 4) is 0 Å². The number of anilines is 1. The lowest BCUT2D eigenvalue weighted by Gasteiger charge is -1.92. The summed E-state index contributed by atoms with van der Waals surface area (Å²) in [7, 11) is 0. The van der Waals surface area contributed by atoms with Crippen LogP contribution in [0.25, 0.3) is 11.2 Å². The van der Waals surface area contributed by atoms with Crippen LogP contribution in [0, 0.1) is 0 Å². The first-order valence-corrected chi connectivity index (χ1v) is 3.80. The van der Waals surface area contributed by atoms with E-state index in [4.69, 9.17) is 33.4 Å². The highest BCUT2D eigenvalue weighted by atomic mass is 35.5. The third-order valence-corrected chi connectivity index (χ3v) is 1.78. The molecule has 2 heterocycles. The fraction of sp³-hybridized carbons (Fsp3) is 0. The Morgan fingerprint density at radius 3 is 2.83 bits per heavy atom. The molecule has 0 aliphatic rings. The van der Waals surface area contributed by atoms with Crippen molar-refractivity contribution in [2.75, 3.05) is 5.73 Å². The van der Waals surface area contributed by atoms with Gasteiger partial charge in [0.25, 0.3) is 0 Å². The van der Waals surface area contributed by atoms with Crippen LogP contribution in [0.5, 0.6) is 0 Å². The number of furan rings is 1. The van der Waals surface area contributed by atoms with Crippen LogP contribution in [0.2, 0.25) is 10.4 Å². The van der Waals surface area contributed by atoms with Crippen molar-refractivity contribution in [2.45, 2.75) is 0 Å². The van der Waals surface area contributed by atoms with Gasteiger partial charge < -0.3 is 10.2 Å². The molecule has 12 heavy (non-hydrogen) atoms. The van der Waals surface area contributed by atoms with Crippen LogP contribution >= 0.6 is 23.2 Å². The van der Waals surface area contributed by atoms with Crippen molar-refractivity contribution in [1.29, 1.82) is 0 Å². The zero-order chi connectivity index (χ0) is 8.72. The zero-order valence-corrected chi connectivity index (χ0v) is 7.23. The number of hydrogen-bond donors (Lipinski definition) is 1. The highest BCUT2D eigenvalue weighted by Crippen LogP contribution is 2.23. The summed E-state index contributed by atoms with van der Waals surface area (Å²) in [6.07, 6.45) is 0. The molecule has 0 aliphatic heterocycles. The molecule has 2 aromatic heterocycles. The summed E-state index contributed by atoms with van der Waals surface area (Å²) in [5.74, 6) is 0.168. The molecule has 0 unspecified atom stereocenters. The Hall–Kier alpha value is -1.00. The number of fused-ring (bicyclic) bond motifs is 1. The summed E-state index contributed by atoms with van der Waals surface area (Å²) in [6.45, 7) is 0. The minimum Gasteiger partial charge on any atom is -0.425 e. The second-order valence-corrected chi connectivity index (χ2v) is 2.87. The van der Waals surface area contributed by atoms with Gasteiger partial charge in [-0.3, -0.25) is 0 Å². The normalized spacial score (nSPS) is 10.8. The topological polar surface area (TPSA) is 64.9 Å². The molecule has 0 spiro atoms. The summed E-state index contributed by atoms with van der Waals surface area (Å²) < 4.78 is 4.96. The number of rotatable bonds is 0. The van der Waals surface area contributed by atoms with E-state index in [9.17, 15) is 0 Å². The third kappa shape index (κ3) is 1.09. The van der Waals surface area contributed by atoms with Gasteiger partial charge in [0.2, 0.25) is 5.71 Å². The second kappa shape index (κ2) is 2.50. The molecule has 6 heteroatoms. The molecule has 0 fully saturated rings. The smallest absolute Gasteiger partial charge is 0.248 e. The van der Waals surface area contributed by atoms with Crippen LogP contribution in [-0.4, -0.2) is 9.97 Å². The van der Waals surface area contributed by atoms with Gasteiger partial charge in [0, 0.05) is 6.07 Å². The van der Waals surface area contributed by atoms with Gasteiger partial charge in [0.15, 0.2) is 16.2 Å². The predicted molar refractivity (Wildman–Crippen MR) is 46.2 cm³/mol. The van der Waals surface area contributed by atoms with Crippen LogP contribution in [0.15, 0.2) is 10.5 Å². The van der Waals surface area contributed by atoms with Gasteiger partial charge in [-0.15, -0.1) is 0 Å². The number of aromatic nitrogens is 2. The molecule has 0 saturated carbocycles. The van der Waals surface area contributed by atoms with Gasteiger partial charge in [0.1, 0.15) is 5.52 Å². The lowest BCUT2D eigenvalue weighted by Crippen LogP contribution is -1.92. The maximum Gasteiger partial charge on any atom is 0.248 e. The molecule has 2 rings (SSSR count). The lowest BCUT2D eigenvalue weighted by molar-refractivity contribution is 0.605. The van der Waals surface area contributed by atoms with E-state index in [0.29, 0.717) is 11.2 Å². The molecule has 0 bridgehead atoms. The van der Waals surface area contributed by atoms with Crippen molar-refractivity contribution in [3.05, 3.63) is 16.4 Å². The molecule has 0 atom stereocenters. The average molecular weight is 204 g/mol. The molecule has 62 valence electrons. The van der Waals surface area contributed by atoms with Gasteiger partial charge in [-0.2, -0.15) is 4.98 Å². The summed E-state index contributed by atoms with van der Waals surface area (Å²) in [6, 6.07) is 1.52. The van der Waals surface area contributed by atoms with Gasteiger partial charge in [-0.05, 0) is 11.6 Å². The first-order valence-electron chi connectivity index (χ1n) is 3.05. The van der Waals surface area contributed by atoms with E-state index >= 15 is 0 Å². The van der Waals surface area contributed by atoms with Crippen LogP contribution in [0.1, 0.15) is 0 Å². The van der Waals surface area contributed by atoms with Crippen LogP contribution in [0.4, 0.5) is 5.82 Å². The molecule has 0 aromatic carbocycles. The first-order chi connectivity index (χ1) is 5.66. The van der Waals surface area contributed by atoms with Gasteiger partial charge in [0.05, 0.1) is 0 Å². The number of hydrogen-bond acceptors (Lipinski definition) is 4. The Morgan fingerprint density at radius 1 is 1.33 bits per heavy atom. The van der Waals surface area contributed by atoms with Gasteiger partial charge in [-0.25, -0.2) is 4.98 Å². The Bertz CT molecular complexity index is 401. The van der Waals surface area contributed by atoms with Gasteiger partial charge in [-0.1, -0.05) is 11.6 Å². The quantitative estimate of drug-likeness (QED) is 0.713. The monoisotopic (exact) mass is 203 g/mol. The van der Waals surface area contributed by atoms with Crippen molar-refractivity contribution in [1.82, 2.24) is 9.97 Å². The Kier molecular flexibility index (Phi) is 1.59. The van der Waals surface area contributed by atoms with Crippen LogP contribution in [-0.2, 0) is 0 Å². The number of nitrogen functional groups attached to an aromatic ring is 1. The molecular weight excluding hydrogens is 201 g/mol. The summed E-state index contributed by atoms with van der Waals surface area (Å²) in [5, 5.41) is 0.334. The standard InChI is InChI=1S/C6H3Cl2N3O/c7-3-1-2-6(12-3)11-4(8)5(9)10-2/h1H,(H2,9,10). The first kappa shape index (κ1) is 7.64. The van der Waals surface area contributed by atoms with E-state index < -0.39 is 0 Å². The SMILES string of the molecule is Nc1nc2cc(Cl)oc2nc1Cl. The van der Waals surface area contributed by atoms with E-state index in [1.165, 1.54) is 6.07 Å². The van der Waals surface area contributed by atoms with Crippen LogP contribution in [0.3, 0.4) is 0 Å². The predicted octanol–water partition coefficient (Wildman–Crippen LogP) is 2.11. The van der Waals surface area contributed by atoms with Crippen molar-refractivity contribution < 1.29 is 4.42 Å². The fourth-order valence-electron chi connectivity index (χ4n) is 0.826. The second-order valence-electron chi connectivity index (χ2n) is 2.14. The molecule has 4 nitrogen and oxygen atoms in total. The van der Waals surface area contributed by atoms with E-state index in [2.05, 4.69) is 9.97 Å². The lowest BCUT2D eigenvalue weighted by atomic mass is 10.5. The highest BCUT2D eigenvalue weighted by molar-refractivity contribution is 6.32. The molecule has 0 radical (unpaired) electrons. The molecular formula is C6H3Cl2N3O. The summed E-state index contributed by atoms with van der Waals surface area (Å²) >= 11 is 11.2. The summed E-state index contributed by atoms with van der Waals surface area (Å²) in [5.41, 5.74) is 6.20. The summed E-state index contributed by atoms with van der Waals surface area (Å²) in [4.78, 5) is 7.72. The van der Waals surface area contributed by atoms with Crippen molar-refractivity contribution >= 4 is 40.2 Å². The number of nitrogens with two attached hydrogens (primary N) is 1. The minimum absolute atomic E-state index is 0.119. The van der Waals surface area contributed by atoms with Crippen molar-refractivity contribution in [3.63, 3.8) is 0 Å². The largest absolute Gasteiger partial charge is 0.425 e. The van der Waals surface area contributed by atoms with Crippen LogP contribution < -0.4 is 5.73 Å². The number of nitrogens with zero attached hydrogens (tertiary/aromatic N) is 2. The third-order valence-electron chi connectivity index (χ3n) is 1.32. The molecule has 0 amide bonds. The average Bonchev–Trinajstić information content (AvgIpc) is 2.30. The molecule has 2 aromatic rings. The Labute approximate surface area is 77.3 Å².